The molecule has 3 aliphatic rings. The third-order valence-electron chi connectivity index (χ3n) is 4.47. The van der Waals surface area contributed by atoms with E-state index in [0.717, 1.165) is 38.3 Å². The number of hydrogen-bond donors (Lipinski definition) is 2. The predicted molar refractivity (Wildman–Crippen MR) is 66.5 cm³/mol. The van der Waals surface area contributed by atoms with Gasteiger partial charge in [-0.2, -0.15) is 0 Å². The zero-order valence-electron chi connectivity index (χ0n) is 10.4. The molecule has 0 spiro atoms. The molecule has 4 heteroatoms. The molecule has 1 saturated heterocycles. The molecule has 0 aromatic rings. The zero-order valence-corrected chi connectivity index (χ0v) is 10.4. The number of amides is 1. The topological polar surface area (TPSA) is 58.4 Å². The number of likely N-dealkylation sites (tertiary alicyclic amines) is 1. The predicted octanol–water partition coefficient (Wildman–Crippen LogP) is 0.467. The standard InChI is InChI=1S/C13H23N3O/c14-10-2-1-9(7-10)13(17)15-11-5-6-16(8-11)12-3-4-12/h9-12H,1-8,14H2,(H,15,17). The zero-order chi connectivity index (χ0) is 11.8. The van der Waals surface area contributed by atoms with Gasteiger partial charge in [-0.25, -0.2) is 0 Å². The average Bonchev–Trinajstić information content (AvgIpc) is 2.90. The summed E-state index contributed by atoms with van der Waals surface area (Å²) >= 11 is 0. The molecule has 1 aliphatic heterocycles. The van der Waals surface area contributed by atoms with Crippen molar-refractivity contribution in [2.24, 2.45) is 11.7 Å². The highest BCUT2D eigenvalue weighted by molar-refractivity contribution is 5.79. The molecule has 0 bridgehead atoms. The maximum absolute atomic E-state index is 12.1. The number of hydrogen-bond acceptors (Lipinski definition) is 3. The van der Waals surface area contributed by atoms with Crippen LogP contribution in [-0.4, -0.2) is 42.0 Å². The first-order valence-corrected chi connectivity index (χ1v) is 7.02. The average molecular weight is 237 g/mol. The van der Waals surface area contributed by atoms with Gasteiger partial charge in [-0.15, -0.1) is 0 Å². The quantitative estimate of drug-likeness (QED) is 0.750. The van der Waals surface area contributed by atoms with Gasteiger partial charge in [0, 0.05) is 37.1 Å². The van der Waals surface area contributed by atoms with Crippen molar-refractivity contribution < 1.29 is 4.79 Å². The molecular formula is C13H23N3O. The Balaban J connectivity index is 1.45. The van der Waals surface area contributed by atoms with Gasteiger partial charge in [0.05, 0.1) is 0 Å². The first-order chi connectivity index (χ1) is 8.22. The van der Waals surface area contributed by atoms with Crippen molar-refractivity contribution in [3.8, 4) is 0 Å². The summed E-state index contributed by atoms with van der Waals surface area (Å²) in [4.78, 5) is 14.6. The van der Waals surface area contributed by atoms with Crippen LogP contribution in [0.4, 0.5) is 0 Å². The van der Waals surface area contributed by atoms with Gasteiger partial charge in [0.25, 0.3) is 0 Å². The van der Waals surface area contributed by atoms with Crippen LogP contribution >= 0.6 is 0 Å². The van der Waals surface area contributed by atoms with E-state index in [1.807, 2.05) is 0 Å². The summed E-state index contributed by atoms with van der Waals surface area (Å²) < 4.78 is 0. The van der Waals surface area contributed by atoms with Crippen LogP contribution < -0.4 is 11.1 Å². The molecule has 1 heterocycles. The van der Waals surface area contributed by atoms with E-state index in [-0.39, 0.29) is 17.9 Å². The fourth-order valence-corrected chi connectivity index (χ4v) is 3.25. The summed E-state index contributed by atoms with van der Waals surface area (Å²) in [6.07, 6.45) is 6.71. The van der Waals surface area contributed by atoms with Gasteiger partial charge in [0.15, 0.2) is 0 Å². The molecule has 3 atom stereocenters. The van der Waals surface area contributed by atoms with Gasteiger partial charge in [-0.3, -0.25) is 9.69 Å². The van der Waals surface area contributed by atoms with Gasteiger partial charge in [0.1, 0.15) is 0 Å². The second-order valence-corrected chi connectivity index (χ2v) is 5.99. The number of nitrogens with one attached hydrogen (secondary N) is 1. The van der Waals surface area contributed by atoms with Crippen LogP contribution in [0.2, 0.25) is 0 Å². The summed E-state index contributed by atoms with van der Waals surface area (Å²) in [6.45, 7) is 2.23. The third kappa shape index (κ3) is 2.63. The molecule has 96 valence electrons. The fraction of sp³-hybridized carbons (Fsp3) is 0.923. The van der Waals surface area contributed by atoms with Crippen molar-refractivity contribution >= 4 is 5.91 Å². The lowest BCUT2D eigenvalue weighted by Crippen LogP contribution is -2.40. The Morgan fingerprint density at radius 2 is 2.00 bits per heavy atom. The lowest BCUT2D eigenvalue weighted by molar-refractivity contribution is -0.125. The Bertz CT molecular complexity index is 303. The van der Waals surface area contributed by atoms with E-state index in [2.05, 4.69) is 10.2 Å². The molecule has 0 aromatic heterocycles. The number of carbonyl (C=O) groups is 1. The lowest BCUT2D eigenvalue weighted by atomic mass is 10.1. The van der Waals surface area contributed by atoms with E-state index in [1.165, 1.54) is 19.4 Å². The highest BCUT2D eigenvalue weighted by Gasteiger charge is 2.36. The van der Waals surface area contributed by atoms with Crippen molar-refractivity contribution in [2.75, 3.05) is 13.1 Å². The Hall–Kier alpha value is -0.610. The molecule has 3 N–H and O–H groups in total. The molecule has 3 unspecified atom stereocenters. The van der Waals surface area contributed by atoms with Gasteiger partial charge >= 0.3 is 0 Å². The van der Waals surface area contributed by atoms with E-state index in [1.54, 1.807) is 0 Å². The van der Waals surface area contributed by atoms with Gasteiger partial charge < -0.3 is 11.1 Å². The molecule has 0 radical (unpaired) electrons. The number of nitrogens with two attached hydrogens (primary N) is 1. The van der Waals surface area contributed by atoms with Crippen molar-refractivity contribution in [2.45, 2.75) is 56.7 Å². The minimum atomic E-state index is 0.181. The Morgan fingerprint density at radius 1 is 1.18 bits per heavy atom. The normalized spacial score (nSPS) is 38.5. The lowest BCUT2D eigenvalue weighted by Gasteiger charge is -2.17. The molecule has 4 nitrogen and oxygen atoms in total. The van der Waals surface area contributed by atoms with Crippen LogP contribution in [0.25, 0.3) is 0 Å². The minimum absolute atomic E-state index is 0.181. The van der Waals surface area contributed by atoms with Crippen LogP contribution in [0.3, 0.4) is 0 Å². The molecule has 2 aliphatic carbocycles. The van der Waals surface area contributed by atoms with Gasteiger partial charge in [-0.05, 0) is 38.5 Å². The third-order valence-corrected chi connectivity index (χ3v) is 4.47. The van der Waals surface area contributed by atoms with Crippen molar-refractivity contribution in [3.63, 3.8) is 0 Å². The summed E-state index contributed by atoms with van der Waals surface area (Å²) in [7, 11) is 0. The summed E-state index contributed by atoms with van der Waals surface area (Å²) in [5.41, 5.74) is 5.85. The summed E-state index contributed by atoms with van der Waals surface area (Å²) in [6, 6.07) is 1.47. The first kappa shape index (κ1) is 11.5. The fourth-order valence-electron chi connectivity index (χ4n) is 3.25. The van der Waals surface area contributed by atoms with Crippen molar-refractivity contribution in [3.05, 3.63) is 0 Å². The minimum Gasteiger partial charge on any atom is -0.352 e. The van der Waals surface area contributed by atoms with Crippen LogP contribution in [0.1, 0.15) is 38.5 Å². The maximum Gasteiger partial charge on any atom is 0.223 e. The second-order valence-electron chi connectivity index (χ2n) is 5.99. The molecule has 0 aromatic carbocycles. The highest BCUT2D eigenvalue weighted by atomic mass is 16.2. The smallest absolute Gasteiger partial charge is 0.223 e. The van der Waals surface area contributed by atoms with Gasteiger partial charge in [0.2, 0.25) is 5.91 Å². The molecule has 3 fully saturated rings. The Morgan fingerprint density at radius 3 is 2.65 bits per heavy atom. The van der Waals surface area contributed by atoms with E-state index in [0.29, 0.717) is 6.04 Å². The monoisotopic (exact) mass is 237 g/mol. The first-order valence-electron chi connectivity index (χ1n) is 7.02. The number of carbonyl (C=O) groups excluding carboxylic acids is 1. The Labute approximate surface area is 103 Å². The molecule has 1 amide bonds. The van der Waals surface area contributed by atoms with E-state index in [4.69, 9.17) is 5.73 Å². The summed E-state index contributed by atoms with van der Waals surface area (Å²) in [5, 5.41) is 3.22. The van der Waals surface area contributed by atoms with Crippen molar-refractivity contribution in [1.29, 1.82) is 0 Å². The molecule has 3 rings (SSSR count). The van der Waals surface area contributed by atoms with Crippen molar-refractivity contribution in [1.82, 2.24) is 10.2 Å². The highest BCUT2D eigenvalue weighted by Crippen LogP contribution is 2.30. The molecule has 2 saturated carbocycles. The van der Waals surface area contributed by atoms with E-state index < -0.39 is 0 Å². The van der Waals surface area contributed by atoms with E-state index >= 15 is 0 Å². The molecular weight excluding hydrogens is 214 g/mol. The maximum atomic E-state index is 12.1. The largest absolute Gasteiger partial charge is 0.352 e. The SMILES string of the molecule is NC1CCC(C(=O)NC2CCN(C3CC3)C2)C1. The summed E-state index contributed by atoms with van der Waals surface area (Å²) in [5.74, 6) is 0.431. The molecule has 17 heavy (non-hydrogen) atoms. The van der Waals surface area contributed by atoms with Crippen LogP contribution in [0.15, 0.2) is 0 Å². The number of rotatable bonds is 3. The van der Waals surface area contributed by atoms with E-state index in [9.17, 15) is 4.79 Å². The second kappa shape index (κ2) is 4.58. The Kier molecular flexibility index (Phi) is 3.09. The number of nitrogens with zero attached hydrogens (tertiary/aromatic N) is 1. The van der Waals surface area contributed by atoms with Gasteiger partial charge in [-0.1, -0.05) is 0 Å². The van der Waals surface area contributed by atoms with Crippen LogP contribution in [-0.2, 0) is 4.79 Å². The van der Waals surface area contributed by atoms with Crippen LogP contribution in [0, 0.1) is 5.92 Å². The van der Waals surface area contributed by atoms with Crippen LogP contribution in [0.5, 0.6) is 0 Å².